The second-order valence-corrected chi connectivity index (χ2v) is 5.10. The quantitative estimate of drug-likeness (QED) is 0.804. The molecule has 0 amide bonds. The van der Waals surface area contributed by atoms with Gasteiger partial charge in [0, 0.05) is 12.0 Å². The van der Waals surface area contributed by atoms with Crippen LogP contribution in [-0.4, -0.2) is 18.6 Å². The van der Waals surface area contributed by atoms with Crippen molar-refractivity contribution in [2.75, 3.05) is 13.6 Å². The highest BCUT2D eigenvalue weighted by Crippen LogP contribution is 2.23. The van der Waals surface area contributed by atoms with Crippen LogP contribution in [0.2, 0.25) is 0 Å². The van der Waals surface area contributed by atoms with E-state index in [4.69, 9.17) is 4.42 Å². The molecule has 0 bridgehead atoms. The van der Waals surface area contributed by atoms with Gasteiger partial charge in [0.25, 0.3) is 0 Å². The zero-order chi connectivity index (χ0) is 13.7. The lowest BCUT2D eigenvalue weighted by Gasteiger charge is -2.05. The summed E-state index contributed by atoms with van der Waals surface area (Å²) in [5, 5.41) is 3.12. The van der Waals surface area contributed by atoms with Gasteiger partial charge in [0.15, 0.2) is 11.7 Å². The highest BCUT2D eigenvalue weighted by atomic mass is 16.4. The Hall–Kier alpha value is -1.61. The Labute approximate surface area is 115 Å². The predicted octanol–water partition coefficient (Wildman–Crippen LogP) is 3.62. The second-order valence-electron chi connectivity index (χ2n) is 5.10. The summed E-state index contributed by atoms with van der Waals surface area (Å²) < 4.78 is 5.78. The molecule has 1 aromatic heterocycles. The van der Waals surface area contributed by atoms with Crippen molar-refractivity contribution in [3.63, 3.8) is 0 Å². The van der Waals surface area contributed by atoms with Gasteiger partial charge in [-0.05, 0) is 31.5 Å². The van der Waals surface area contributed by atoms with Crippen LogP contribution in [0.1, 0.15) is 37.6 Å². The molecule has 1 aromatic carbocycles. The first-order valence-electron chi connectivity index (χ1n) is 6.90. The number of oxazole rings is 1. The molecule has 1 N–H and O–H groups in total. The minimum Gasteiger partial charge on any atom is -0.441 e. The third kappa shape index (κ3) is 3.67. The summed E-state index contributed by atoms with van der Waals surface area (Å²) in [5.74, 6) is 2.23. The van der Waals surface area contributed by atoms with E-state index in [2.05, 4.69) is 48.4 Å². The maximum Gasteiger partial charge on any atom is 0.194 e. The zero-order valence-electron chi connectivity index (χ0n) is 11.9. The van der Waals surface area contributed by atoms with E-state index in [-0.39, 0.29) is 0 Å². The number of hydrogen-bond donors (Lipinski definition) is 1. The zero-order valence-corrected chi connectivity index (χ0v) is 11.9. The van der Waals surface area contributed by atoms with E-state index in [0.717, 1.165) is 36.6 Å². The van der Waals surface area contributed by atoms with Crippen LogP contribution in [0.25, 0.3) is 11.3 Å². The second kappa shape index (κ2) is 6.53. The van der Waals surface area contributed by atoms with Crippen molar-refractivity contribution in [2.45, 2.75) is 32.6 Å². The highest BCUT2D eigenvalue weighted by molar-refractivity contribution is 5.56. The predicted molar refractivity (Wildman–Crippen MR) is 78.3 cm³/mol. The fourth-order valence-electron chi connectivity index (χ4n) is 2.01. The van der Waals surface area contributed by atoms with E-state index < -0.39 is 0 Å². The Morgan fingerprint density at radius 1 is 1.21 bits per heavy atom. The minimum absolute atomic E-state index is 0.556. The topological polar surface area (TPSA) is 38.1 Å². The minimum atomic E-state index is 0.556. The van der Waals surface area contributed by atoms with E-state index in [1.54, 1.807) is 0 Å². The fourth-order valence-corrected chi connectivity index (χ4v) is 2.01. The van der Waals surface area contributed by atoms with Crippen molar-refractivity contribution in [3.05, 3.63) is 41.9 Å². The third-order valence-electron chi connectivity index (χ3n) is 3.23. The molecule has 3 nitrogen and oxygen atoms in total. The summed E-state index contributed by atoms with van der Waals surface area (Å²) in [6.07, 6.45) is 3.74. The lowest BCUT2D eigenvalue weighted by atomic mass is 10.0. The summed E-state index contributed by atoms with van der Waals surface area (Å²) >= 11 is 0. The van der Waals surface area contributed by atoms with E-state index >= 15 is 0 Å². The van der Waals surface area contributed by atoms with E-state index in [1.165, 1.54) is 5.56 Å². The normalized spacial score (nSPS) is 11.2. The number of benzene rings is 1. The van der Waals surface area contributed by atoms with Gasteiger partial charge in [0.05, 0.1) is 6.20 Å². The van der Waals surface area contributed by atoms with Gasteiger partial charge < -0.3 is 9.73 Å². The Morgan fingerprint density at radius 3 is 2.58 bits per heavy atom. The maximum atomic E-state index is 5.78. The standard InChI is InChI=1S/C16H22N2O/c1-12(2)13-6-8-14(9-7-13)15-11-18-16(19-15)5-4-10-17-3/h6-9,11-12,17H,4-5,10H2,1-3H3. The molecular formula is C16H22N2O. The van der Waals surface area contributed by atoms with Crippen LogP contribution in [-0.2, 0) is 6.42 Å². The first-order valence-corrected chi connectivity index (χ1v) is 6.90. The van der Waals surface area contributed by atoms with Gasteiger partial charge in [0.1, 0.15) is 0 Å². The van der Waals surface area contributed by atoms with Crippen LogP contribution < -0.4 is 5.32 Å². The molecule has 0 unspecified atom stereocenters. The molecule has 0 fully saturated rings. The molecule has 2 rings (SSSR count). The molecule has 102 valence electrons. The average molecular weight is 258 g/mol. The van der Waals surface area contributed by atoms with E-state index in [1.807, 2.05) is 13.2 Å². The Balaban J connectivity index is 2.05. The molecule has 0 spiro atoms. The number of nitrogens with one attached hydrogen (secondary N) is 1. The SMILES string of the molecule is CNCCCc1ncc(-c2ccc(C(C)C)cc2)o1. The van der Waals surface area contributed by atoms with Crippen molar-refractivity contribution < 1.29 is 4.42 Å². The molecule has 1 heterocycles. The van der Waals surface area contributed by atoms with E-state index in [9.17, 15) is 0 Å². The monoisotopic (exact) mass is 258 g/mol. The smallest absolute Gasteiger partial charge is 0.194 e. The van der Waals surface area contributed by atoms with Gasteiger partial charge in [-0.3, -0.25) is 0 Å². The largest absolute Gasteiger partial charge is 0.441 e. The number of aryl methyl sites for hydroxylation is 1. The van der Waals surface area contributed by atoms with Crippen molar-refractivity contribution in [1.29, 1.82) is 0 Å². The molecule has 0 saturated carbocycles. The molecule has 0 radical (unpaired) electrons. The molecule has 3 heteroatoms. The van der Waals surface area contributed by atoms with Gasteiger partial charge in [0.2, 0.25) is 0 Å². The lowest BCUT2D eigenvalue weighted by Crippen LogP contribution is -2.08. The number of rotatable bonds is 6. The number of nitrogens with zero attached hydrogens (tertiary/aromatic N) is 1. The molecule has 0 aliphatic carbocycles. The van der Waals surface area contributed by atoms with Crippen LogP contribution in [0.4, 0.5) is 0 Å². The Bertz CT molecular complexity index is 500. The summed E-state index contributed by atoms with van der Waals surface area (Å²) in [7, 11) is 1.96. The van der Waals surface area contributed by atoms with Gasteiger partial charge in [-0.15, -0.1) is 0 Å². The van der Waals surface area contributed by atoms with Crippen molar-refractivity contribution in [1.82, 2.24) is 10.3 Å². The first-order chi connectivity index (χ1) is 9.20. The third-order valence-corrected chi connectivity index (χ3v) is 3.23. The Morgan fingerprint density at radius 2 is 1.95 bits per heavy atom. The van der Waals surface area contributed by atoms with Crippen LogP contribution in [0, 0.1) is 0 Å². The molecule has 0 aliphatic rings. The number of hydrogen-bond acceptors (Lipinski definition) is 3. The van der Waals surface area contributed by atoms with Gasteiger partial charge in [-0.1, -0.05) is 38.1 Å². The molecule has 19 heavy (non-hydrogen) atoms. The first kappa shape index (κ1) is 13.8. The van der Waals surface area contributed by atoms with Gasteiger partial charge in [-0.2, -0.15) is 0 Å². The van der Waals surface area contributed by atoms with Crippen molar-refractivity contribution in [2.24, 2.45) is 0 Å². The fraction of sp³-hybridized carbons (Fsp3) is 0.438. The van der Waals surface area contributed by atoms with Crippen molar-refractivity contribution in [3.8, 4) is 11.3 Å². The van der Waals surface area contributed by atoms with E-state index in [0.29, 0.717) is 5.92 Å². The average Bonchev–Trinajstić information content (AvgIpc) is 2.88. The molecule has 0 aliphatic heterocycles. The number of aromatic nitrogens is 1. The summed E-state index contributed by atoms with van der Waals surface area (Å²) in [6, 6.07) is 8.52. The van der Waals surface area contributed by atoms with Crippen LogP contribution in [0.5, 0.6) is 0 Å². The summed E-state index contributed by atoms with van der Waals surface area (Å²) in [6.45, 7) is 5.38. The highest BCUT2D eigenvalue weighted by Gasteiger charge is 2.07. The summed E-state index contributed by atoms with van der Waals surface area (Å²) in [5.41, 5.74) is 2.44. The van der Waals surface area contributed by atoms with Crippen LogP contribution in [0.15, 0.2) is 34.9 Å². The van der Waals surface area contributed by atoms with Crippen LogP contribution in [0.3, 0.4) is 0 Å². The molecule has 0 atom stereocenters. The maximum absolute atomic E-state index is 5.78. The molecule has 0 saturated heterocycles. The van der Waals surface area contributed by atoms with Crippen molar-refractivity contribution >= 4 is 0 Å². The Kier molecular flexibility index (Phi) is 4.74. The summed E-state index contributed by atoms with van der Waals surface area (Å²) in [4.78, 5) is 4.33. The van der Waals surface area contributed by atoms with Crippen LogP contribution >= 0.6 is 0 Å². The van der Waals surface area contributed by atoms with Gasteiger partial charge >= 0.3 is 0 Å². The van der Waals surface area contributed by atoms with Gasteiger partial charge in [-0.25, -0.2) is 4.98 Å². The lowest BCUT2D eigenvalue weighted by molar-refractivity contribution is 0.495. The molecular weight excluding hydrogens is 236 g/mol. The molecule has 2 aromatic rings.